The molecule has 0 spiro atoms. The Morgan fingerprint density at radius 2 is 0.720 bits per heavy atom. The molecule has 0 saturated carbocycles. The summed E-state index contributed by atoms with van der Waals surface area (Å²) in [6, 6.07) is 71.0. The van der Waals surface area contributed by atoms with E-state index in [1.807, 2.05) is 12.1 Å². The average Bonchev–Trinajstić information content (AvgIpc) is 3.58. The lowest BCUT2D eigenvalue weighted by molar-refractivity contribution is 0.670. The molecule has 1 aromatic heterocycles. The summed E-state index contributed by atoms with van der Waals surface area (Å²) < 4.78 is 6.55. The zero-order valence-electron chi connectivity index (χ0n) is 27.4. The van der Waals surface area contributed by atoms with Crippen molar-refractivity contribution in [3.05, 3.63) is 200 Å². The molecule has 0 N–H and O–H groups in total. The van der Waals surface area contributed by atoms with Crippen molar-refractivity contribution in [2.24, 2.45) is 0 Å². The molecule has 9 aromatic rings. The molecule has 0 fully saturated rings. The molecule has 1 heterocycles. The number of para-hydroxylation sites is 1. The molecule has 0 radical (unpaired) electrons. The Morgan fingerprint density at radius 1 is 0.300 bits per heavy atom. The van der Waals surface area contributed by atoms with E-state index < -0.39 is 0 Å². The van der Waals surface area contributed by atoms with Crippen LogP contribution >= 0.6 is 0 Å². The van der Waals surface area contributed by atoms with Gasteiger partial charge in [0.15, 0.2) is 0 Å². The summed E-state index contributed by atoms with van der Waals surface area (Å²) in [7, 11) is 0. The molecule has 236 valence electrons. The summed E-state index contributed by atoms with van der Waals surface area (Å²) in [5, 5.41) is 2.26. The van der Waals surface area contributed by atoms with E-state index in [1.54, 1.807) is 0 Å². The number of rotatable bonds is 7. The van der Waals surface area contributed by atoms with Crippen LogP contribution in [0, 0.1) is 0 Å². The van der Waals surface area contributed by atoms with Crippen LogP contribution in [0.2, 0.25) is 0 Å². The van der Waals surface area contributed by atoms with Crippen molar-refractivity contribution < 1.29 is 4.42 Å². The van der Waals surface area contributed by atoms with Crippen LogP contribution in [0.5, 0.6) is 0 Å². The van der Waals surface area contributed by atoms with Gasteiger partial charge in [-0.3, -0.25) is 0 Å². The van der Waals surface area contributed by atoms with Crippen LogP contribution in [0.3, 0.4) is 0 Å². The Hall–Kier alpha value is -6.64. The van der Waals surface area contributed by atoms with Gasteiger partial charge in [0.25, 0.3) is 0 Å². The highest BCUT2D eigenvalue weighted by atomic mass is 16.3. The van der Waals surface area contributed by atoms with Crippen LogP contribution in [-0.4, -0.2) is 0 Å². The quantitative estimate of drug-likeness (QED) is 0.173. The highest BCUT2D eigenvalue weighted by Crippen LogP contribution is 2.43. The fraction of sp³-hybridized carbons (Fsp3) is 0. The van der Waals surface area contributed by atoms with Crippen LogP contribution in [0.25, 0.3) is 66.4 Å². The first-order valence-electron chi connectivity index (χ1n) is 17.0. The Kier molecular flexibility index (Phi) is 7.53. The van der Waals surface area contributed by atoms with Gasteiger partial charge < -0.3 is 9.32 Å². The minimum absolute atomic E-state index is 0.902. The molecule has 0 atom stereocenters. The van der Waals surface area contributed by atoms with Gasteiger partial charge in [-0.15, -0.1) is 0 Å². The van der Waals surface area contributed by atoms with Crippen LogP contribution in [0.1, 0.15) is 0 Å². The monoisotopic (exact) mass is 639 g/mol. The second-order valence-electron chi connectivity index (χ2n) is 12.5. The van der Waals surface area contributed by atoms with Gasteiger partial charge in [-0.25, -0.2) is 0 Å². The summed E-state index contributed by atoms with van der Waals surface area (Å²) in [6.45, 7) is 0. The number of benzene rings is 8. The number of anilines is 3. The van der Waals surface area contributed by atoms with Gasteiger partial charge in [0.2, 0.25) is 0 Å². The van der Waals surface area contributed by atoms with Crippen LogP contribution in [0.4, 0.5) is 17.1 Å². The first-order valence-corrected chi connectivity index (χ1v) is 17.0. The van der Waals surface area contributed by atoms with Crippen molar-refractivity contribution in [3.8, 4) is 44.5 Å². The molecule has 50 heavy (non-hydrogen) atoms. The lowest BCUT2D eigenvalue weighted by Crippen LogP contribution is -2.09. The molecule has 0 amide bonds. The second-order valence-corrected chi connectivity index (χ2v) is 12.5. The largest absolute Gasteiger partial charge is 0.455 e. The number of furan rings is 1. The first-order chi connectivity index (χ1) is 24.8. The Bertz CT molecular complexity index is 2450. The van der Waals surface area contributed by atoms with Gasteiger partial charge in [0.05, 0.1) is 0 Å². The highest BCUT2D eigenvalue weighted by molar-refractivity contribution is 6.12. The predicted octanol–water partition coefficient (Wildman–Crippen LogP) is 13.7. The van der Waals surface area contributed by atoms with Crippen LogP contribution in [-0.2, 0) is 0 Å². The van der Waals surface area contributed by atoms with E-state index in [-0.39, 0.29) is 0 Å². The SMILES string of the molecule is c1ccc(-c2ccc(N(c3ccc(-c4ccccc4)cc3)c3ccc(-c4ccc5c(oc6ccccc65)c4-c4ccccc4)cc3)cc2)cc1. The molecular weight excluding hydrogens is 607 g/mol. The topological polar surface area (TPSA) is 16.4 Å². The van der Waals surface area contributed by atoms with Gasteiger partial charge in [-0.1, -0.05) is 152 Å². The second kappa shape index (κ2) is 12.8. The molecule has 2 nitrogen and oxygen atoms in total. The molecule has 9 rings (SSSR count). The predicted molar refractivity (Wildman–Crippen MR) is 210 cm³/mol. The van der Waals surface area contributed by atoms with Crippen molar-refractivity contribution >= 4 is 39.0 Å². The van der Waals surface area contributed by atoms with Crippen molar-refractivity contribution in [2.75, 3.05) is 4.90 Å². The summed E-state index contributed by atoms with van der Waals surface area (Å²) in [6.07, 6.45) is 0. The summed E-state index contributed by atoms with van der Waals surface area (Å²) in [5.74, 6) is 0. The maximum absolute atomic E-state index is 6.55. The number of hydrogen-bond donors (Lipinski definition) is 0. The molecular formula is C48H33NO. The van der Waals surface area contributed by atoms with Crippen molar-refractivity contribution in [1.82, 2.24) is 0 Å². The van der Waals surface area contributed by atoms with E-state index in [4.69, 9.17) is 4.42 Å². The van der Waals surface area contributed by atoms with Crippen LogP contribution < -0.4 is 4.90 Å². The zero-order valence-corrected chi connectivity index (χ0v) is 27.4. The first kappa shape index (κ1) is 29.5. The van der Waals surface area contributed by atoms with E-state index >= 15 is 0 Å². The minimum atomic E-state index is 0.902. The molecule has 0 aliphatic rings. The van der Waals surface area contributed by atoms with Crippen molar-refractivity contribution in [1.29, 1.82) is 0 Å². The fourth-order valence-corrected chi connectivity index (χ4v) is 7.03. The van der Waals surface area contributed by atoms with Crippen LogP contribution in [0.15, 0.2) is 205 Å². The third kappa shape index (κ3) is 5.43. The molecule has 0 aliphatic heterocycles. The summed E-state index contributed by atoms with van der Waals surface area (Å²) in [5.41, 5.74) is 14.4. The van der Waals surface area contributed by atoms with Gasteiger partial charge in [-0.2, -0.15) is 0 Å². The minimum Gasteiger partial charge on any atom is -0.455 e. The normalized spacial score (nSPS) is 11.2. The fourth-order valence-electron chi connectivity index (χ4n) is 7.03. The molecule has 8 aromatic carbocycles. The standard InChI is InChI=1S/C48H33NO/c1-4-12-34(13-5-1)36-20-26-40(27-21-36)49(41-28-22-37(23-29-41)35-14-6-2-7-15-35)42-30-24-38(25-31-42)43-32-33-45-44-18-10-11-19-46(44)50-48(45)47(43)39-16-8-3-9-17-39/h1-33H. The number of hydrogen-bond acceptors (Lipinski definition) is 2. The number of fused-ring (bicyclic) bond motifs is 3. The molecule has 0 unspecified atom stereocenters. The maximum atomic E-state index is 6.55. The Morgan fingerprint density at radius 3 is 1.24 bits per heavy atom. The van der Waals surface area contributed by atoms with Gasteiger partial charge in [0.1, 0.15) is 11.2 Å². The smallest absolute Gasteiger partial charge is 0.143 e. The Labute approximate surface area is 292 Å². The molecule has 2 heteroatoms. The van der Waals surface area contributed by atoms with Gasteiger partial charge in [-0.05, 0) is 87.5 Å². The lowest BCUT2D eigenvalue weighted by Gasteiger charge is -2.26. The average molecular weight is 640 g/mol. The van der Waals surface area contributed by atoms with E-state index in [0.717, 1.165) is 61.3 Å². The molecule has 0 aliphatic carbocycles. The van der Waals surface area contributed by atoms with Gasteiger partial charge >= 0.3 is 0 Å². The highest BCUT2D eigenvalue weighted by Gasteiger charge is 2.19. The van der Waals surface area contributed by atoms with Gasteiger partial charge in [0, 0.05) is 33.4 Å². The molecule has 0 bridgehead atoms. The lowest BCUT2D eigenvalue weighted by atomic mass is 9.92. The Balaban J connectivity index is 1.15. The summed E-state index contributed by atoms with van der Waals surface area (Å²) >= 11 is 0. The third-order valence-corrected chi connectivity index (χ3v) is 9.51. The van der Waals surface area contributed by atoms with E-state index in [2.05, 4.69) is 193 Å². The maximum Gasteiger partial charge on any atom is 0.143 e. The van der Waals surface area contributed by atoms with E-state index in [0.29, 0.717) is 0 Å². The molecule has 0 saturated heterocycles. The zero-order chi connectivity index (χ0) is 33.3. The summed E-state index contributed by atoms with van der Waals surface area (Å²) in [4.78, 5) is 2.33. The number of nitrogens with zero attached hydrogens (tertiary/aromatic N) is 1. The van der Waals surface area contributed by atoms with Crippen molar-refractivity contribution in [3.63, 3.8) is 0 Å². The third-order valence-electron chi connectivity index (χ3n) is 9.51. The van der Waals surface area contributed by atoms with E-state index in [9.17, 15) is 0 Å². The van der Waals surface area contributed by atoms with Crippen molar-refractivity contribution in [2.45, 2.75) is 0 Å². The van der Waals surface area contributed by atoms with E-state index in [1.165, 1.54) is 22.3 Å².